The van der Waals surface area contributed by atoms with Crippen LogP contribution in [0.25, 0.3) is 0 Å². The van der Waals surface area contributed by atoms with Crippen molar-refractivity contribution in [1.29, 1.82) is 0 Å². The van der Waals surface area contributed by atoms with Gasteiger partial charge in [-0.05, 0) is 43.5 Å². The second-order valence-corrected chi connectivity index (χ2v) is 4.68. The Balaban J connectivity index is 1.82. The molecule has 3 heteroatoms. The van der Waals surface area contributed by atoms with Crippen LogP contribution in [0.5, 0.6) is 0 Å². The van der Waals surface area contributed by atoms with Crippen LogP contribution in [0.2, 0.25) is 5.02 Å². The lowest BCUT2D eigenvalue weighted by atomic mass is 10.0. The van der Waals surface area contributed by atoms with Crippen LogP contribution in [-0.4, -0.2) is 18.4 Å². The molecular weight excluding hydrogens is 222 g/mol. The van der Waals surface area contributed by atoms with E-state index in [1.165, 1.54) is 5.56 Å². The molecule has 86 valence electrons. The first kappa shape index (κ1) is 11.6. The Morgan fingerprint density at radius 1 is 1.38 bits per heavy atom. The van der Waals surface area contributed by atoms with E-state index < -0.39 is 0 Å². The van der Waals surface area contributed by atoms with Gasteiger partial charge in [-0.25, -0.2) is 0 Å². The maximum atomic E-state index is 11.8. The summed E-state index contributed by atoms with van der Waals surface area (Å²) in [5.74, 6) is 0.340. The van der Waals surface area contributed by atoms with Gasteiger partial charge in [0.25, 0.3) is 0 Å². The topological polar surface area (TPSA) is 29.1 Å². The Morgan fingerprint density at radius 2 is 2.12 bits per heavy atom. The lowest BCUT2D eigenvalue weighted by Crippen LogP contribution is -2.30. The van der Waals surface area contributed by atoms with Crippen LogP contribution < -0.4 is 5.32 Å². The molecule has 0 saturated carbocycles. The van der Waals surface area contributed by atoms with Gasteiger partial charge in [-0.15, -0.1) is 0 Å². The Morgan fingerprint density at radius 3 is 2.75 bits per heavy atom. The van der Waals surface area contributed by atoms with Gasteiger partial charge in [-0.1, -0.05) is 23.7 Å². The van der Waals surface area contributed by atoms with Gasteiger partial charge < -0.3 is 5.32 Å². The molecule has 2 nitrogen and oxygen atoms in total. The van der Waals surface area contributed by atoms with Crippen LogP contribution in [-0.2, 0) is 11.2 Å². The molecule has 0 amide bonds. The van der Waals surface area contributed by atoms with Crippen molar-refractivity contribution in [2.45, 2.75) is 31.7 Å². The van der Waals surface area contributed by atoms with Crippen LogP contribution in [0, 0.1) is 0 Å². The largest absolute Gasteiger partial charge is 0.307 e. The van der Waals surface area contributed by atoms with E-state index in [-0.39, 0.29) is 6.04 Å². The first-order valence-electron chi connectivity index (χ1n) is 5.76. The van der Waals surface area contributed by atoms with Crippen LogP contribution in [0.3, 0.4) is 0 Å². The molecule has 1 saturated heterocycles. The molecule has 0 spiro atoms. The zero-order valence-corrected chi connectivity index (χ0v) is 9.96. The molecule has 1 aromatic carbocycles. The fraction of sp³-hybridized carbons (Fsp3) is 0.462. The van der Waals surface area contributed by atoms with Crippen molar-refractivity contribution in [3.05, 3.63) is 34.9 Å². The summed E-state index contributed by atoms with van der Waals surface area (Å²) in [6.07, 6.45) is 3.56. The monoisotopic (exact) mass is 237 g/mol. The molecule has 1 fully saturated rings. The van der Waals surface area contributed by atoms with E-state index in [0.29, 0.717) is 12.2 Å². The lowest BCUT2D eigenvalue weighted by molar-refractivity contribution is -0.120. The van der Waals surface area contributed by atoms with E-state index in [0.717, 1.165) is 30.8 Å². The first-order valence-corrected chi connectivity index (χ1v) is 6.14. The molecule has 1 N–H and O–H groups in total. The molecular formula is C13H16ClNO. The number of nitrogens with one attached hydrogen (secondary N) is 1. The Hall–Kier alpha value is -0.860. The van der Waals surface area contributed by atoms with E-state index in [1.807, 2.05) is 24.3 Å². The van der Waals surface area contributed by atoms with E-state index in [9.17, 15) is 4.79 Å². The number of hydrogen-bond acceptors (Lipinski definition) is 2. The van der Waals surface area contributed by atoms with E-state index in [2.05, 4.69) is 5.32 Å². The standard InChI is InChI=1S/C13H16ClNO/c14-11-6-3-10(4-7-11)5-8-13(16)12-2-1-9-15-12/h3-4,6-7,12,15H,1-2,5,8-9H2. The lowest BCUT2D eigenvalue weighted by Gasteiger charge is -2.08. The Bertz CT molecular complexity index is 355. The minimum Gasteiger partial charge on any atom is -0.307 e. The van der Waals surface area contributed by atoms with Crippen LogP contribution >= 0.6 is 11.6 Å². The van der Waals surface area contributed by atoms with Crippen molar-refractivity contribution in [3.63, 3.8) is 0 Å². The molecule has 1 heterocycles. The van der Waals surface area contributed by atoms with Crippen LogP contribution in [0.4, 0.5) is 0 Å². The average Bonchev–Trinajstić information content (AvgIpc) is 2.81. The van der Waals surface area contributed by atoms with Gasteiger partial charge in [0.15, 0.2) is 0 Å². The summed E-state index contributed by atoms with van der Waals surface area (Å²) in [7, 11) is 0. The highest BCUT2D eigenvalue weighted by Gasteiger charge is 2.21. The molecule has 2 rings (SSSR count). The molecule has 16 heavy (non-hydrogen) atoms. The number of halogens is 1. The third-order valence-electron chi connectivity index (χ3n) is 3.02. The number of Topliss-reactive ketones (excluding diaryl/α,β-unsaturated/α-hetero) is 1. The maximum absolute atomic E-state index is 11.8. The highest BCUT2D eigenvalue weighted by molar-refractivity contribution is 6.30. The van der Waals surface area contributed by atoms with Crippen LogP contribution in [0.1, 0.15) is 24.8 Å². The predicted molar refractivity (Wildman–Crippen MR) is 65.8 cm³/mol. The highest BCUT2D eigenvalue weighted by atomic mass is 35.5. The number of aryl methyl sites for hydroxylation is 1. The molecule has 1 aliphatic heterocycles. The quantitative estimate of drug-likeness (QED) is 0.872. The SMILES string of the molecule is O=C(CCc1ccc(Cl)cc1)C1CCCN1. The summed E-state index contributed by atoms with van der Waals surface area (Å²) in [4.78, 5) is 11.8. The zero-order chi connectivity index (χ0) is 11.4. The molecule has 1 aliphatic rings. The van der Waals surface area contributed by atoms with E-state index in [1.54, 1.807) is 0 Å². The molecule has 1 unspecified atom stereocenters. The minimum atomic E-state index is 0.104. The van der Waals surface area contributed by atoms with Crippen molar-refractivity contribution < 1.29 is 4.79 Å². The van der Waals surface area contributed by atoms with Crippen molar-refractivity contribution in [1.82, 2.24) is 5.32 Å². The average molecular weight is 238 g/mol. The van der Waals surface area contributed by atoms with Crippen molar-refractivity contribution in [2.75, 3.05) is 6.54 Å². The van der Waals surface area contributed by atoms with Gasteiger partial charge in [-0.2, -0.15) is 0 Å². The number of benzene rings is 1. The molecule has 0 radical (unpaired) electrons. The maximum Gasteiger partial charge on any atom is 0.150 e. The number of ketones is 1. The second kappa shape index (κ2) is 5.46. The Labute approximate surface area is 101 Å². The van der Waals surface area contributed by atoms with Gasteiger partial charge in [-0.3, -0.25) is 4.79 Å². The summed E-state index contributed by atoms with van der Waals surface area (Å²) >= 11 is 5.80. The second-order valence-electron chi connectivity index (χ2n) is 4.24. The summed E-state index contributed by atoms with van der Waals surface area (Å²) in [6.45, 7) is 0.983. The number of carbonyl (C=O) groups excluding carboxylic acids is 1. The fourth-order valence-electron chi connectivity index (χ4n) is 2.05. The van der Waals surface area contributed by atoms with Crippen LogP contribution in [0.15, 0.2) is 24.3 Å². The summed E-state index contributed by atoms with van der Waals surface area (Å²) < 4.78 is 0. The van der Waals surface area contributed by atoms with E-state index in [4.69, 9.17) is 11.6 Å². The molecule has 0 aromatic heterocycles. The van der Waals surface area contributed by atoms with Crippen molar-refractivity contribution in [3.8, 4) is 0 Å². The molecule has 1 aromatic rings. The number of carbonyl (C=O) groups is 1. The van der Waals surface area contributed by atoms with Gasteiger partial charge >= 0.3 is 0 Å². The van der Waals surface area contributed by atoms with E-state index >= 15 is 0 Å². The molecule has 0 aliphatic carbocycles. The smallest absolute Gasteiger partial charge is 0.150 e. The van der Waals surface area contributed by atoms with Crippen molar-refractivity contribution in [2.24, 2.45) is 0 Å². The highest BCUT2D eigenvalue weighted by Crippen LogP contribution is 2.13. The molecule has 1 atom stereocenters. The predicted octanol–water partition coefficient (Wildman–Crippen LogP) is 2.59. The fourth-order valence-corrected chi connectivity index (χ4v) is 2.18. The summed E-state index contributed by atoms with van der Waals surface area (Å²) in [5, 5.41) is 3.97. The van der Waals surface area contributed by atoms with Crippen molar-refractivity contribution >= 4 is 17.4 Å². The van der Waals surface area contributed by atoms with Gasteiger partial charge in [0, 0.05) is 11.4 Å². The Kier molecular flexibility index (Phi) is 3.97. The summed E-state index contributed by atoms with van der Waals surface area (Å²) in [6, 6.07) is 7.81. The third kappa shape index (κ3) is 3.06. The van der Waals surface area contributed by atoms with Gasteiger partial charge in [0.2, 0.25) is 0 Å². The minimum absolute atomic E-state index is 0.104. The van der Waals surface area contributed by atoms with Gasteiger partial charge in [0.05, 0.1) is 6.04 Å². The molecule has 0 bridgehead atoms. The number of rotatable bonds is 4. The third-order valence-corrected chi connectivity index (χ3v) is 3.27. The van der Waals surface area contributed by atoms with Gasteiger partial charge in [0.1, 0.15) is 5.78 Å². The summed E-state index contributed by atoms with van der Waals surface area (Å²) in [5.41, 5.74) is 1.18. The zero-order valence-electron chi connectivity index (χ0n) is 9.21. The normalized spacial score (nSPS) is 19.9. The first-order chi connectivity index (χ1) is 7.75. The number of hydrogen-bond donors (Lipinski definition) is 1.